The summed E-state index contributed by atoms with van der Waals surface area (Å²) in [5.74, 6) is 1.21. The van der Waals surface area contributed by atoms with Crippen LogP contribution in [0.2, 0.25) is 0 Å². The second kappa shape index (κ2) is 7.29. The molecule has 2 nitrogen and oxygen atoms in total. The number of rotatable bonds is 5. The number of hydrogen-bond acceptors (Lipinski definition) is 2. The molecule has 0 atom stereocenters. The highest BCUT2D eigenvalue weighted by Crippen LogP contribution is 2.37. The summed E-state index contributed by atoms with van der Waals surface area (Å²) in [6.45, 7) is 0.495. The van der Waals surface area contributed by atoms with Crippen LogP contribution in [-0.2, 0) is 4.43 Å². The van der Waals surface area contributed by atoms with Gasteiger partial charge in [0.2, 0.25) is 0 Å². The van der Waals surface area contributed by atoms with E-state index in [9.17, 15) is 0 Å². The van der Waals surface area contributed by atoms with E-state index >= 15 is 0 Å². The molecule has 0 amide bonds. The molecule has 1 rings (SSSR count). The zero-order chi connectivity index (χ0) is 11.3. The Labute approximate surface area is 121 Å². The molecule has 0 N–H and O–H groups in total. The van der Waals surface area contributed by atoms with Gasteiger partial charge in [-0.05, 0) is 59.9 Å². The lowest BCUT2D eigenvalue weighted by Gasteiger charge is -2.08. The number of halogens is 4. The molecule has 7 heteroatoms. The zero-order valence-corrected chi connectivity index (χ0v) is 13.9. The fraction of sp³-hybridized carbons (Fsp3) is 0.250. The molecule has 2 radical (unpaired) electrons. The molecule has 0 saturated heterocycles. The minimum Gasteiger partial charge on any atom is -0.516 e. The van der Waals surface area contributed by atoms with Gasteiger partial charge in [-0.1, -0.05) is 0 Å². The summed E-state index contributed by atoms with van der Waals surface area (Å²) in [6, 6.07) is 3.76. The summed E-state index contributed by atoms with van der Waals surface area (Å²) in [4.78, 5) is 0. The molecular weight excluding hydrogens is 431 g/mol. The maximum Gasteiger partial charge on any atom is 0.521 e. The predicted molar refractivity (Wildman–Crippen MR) is 72.6 cm³/mol. The highest BCUT2D eigenvalue weighted by atomic mass is 79.9. The second-order valence-electron chi connectivity index (χ2n) is 2.40. The first kappa shape index (κ1) is 14.0. The van der Waals surface area contributed by atoms with E-state index in [4.69, 9.17) is 20.5 Å². The van der Waals surface area contributed by atoms with Crippen LogP contribution in [0.5, 0.6) is 5.75 Å². The lowest BCUT2D eigenvalue weighted by molar-refractivity contribution is 0.309. The van der Waals surface area contributed by atoms with E-state index in [-0.39, 0.29) is 10.0 Å². The zero-order valence-electron chi connectivity index (χ0n) is 7.40. The minimum atomic E-state index is -0.0446. The molecule has 0 aliphatic heterocycles. The molecule has 0 aliphatic rings. The Morgan fingerprint density at radius 2 is 1.93 bits per heavy atom. The third kappa shape index (κ3) is 4.36. The van der Waals surface area contributed by atoms with Crippen molar-refractivity contribution >= 4 is 69.4 Å². The van der Waals surface area contributed by atoms with E-state index in [0.29, 0.717) is 12.5 Å². The lowest BCUT2D eigenvalue weighted by atomic mass is 10.3. The summed E-state index contributed by atoms with van der Waals surface area (Å²) >= 11 is 15.7. The maximum atomic E-state index is 5.46. The number of benzene rings is 1. The van der Waals surface area contributed by atoms with Crippen LogP contribution < -0.4 is 4.43 Å². The molecule has 1 aromatic rings. The van der Waals surface area contributed by atoms with Crippen molar-refractivity contribution in [3.8, 4) is 5.75 Å². The van der Waals surface area contributed by atoms with E-state index in [1.807, 2.05) is 12.1 Å². The van der Waals surface area contributed by atoms with Gasteiger partial charge in [-0.3, -0.25) is 0 Å². The maximum absolute atomic E-state index is 5.46. The first-order chi connectivity index (χ1) is 7.16. The van der Waals surface area contributed by atoms with Crippen LogP contribution in [0.25, 0.3) is 0 Å². The Bertz CT molecular complexity index is 338. The van der Waals surface area contributed by atoms with Crippen LogP contribution in [0.1, 0.15) is 0 Å². The highest BCUT2D eigenvalue weighted by molar-refractivity contribution is 9.14. The normalized spacial score (nSPS) is 10.4. The molecule has 0 aromatic heterocycles. The molecule has 82 valence electrons. The summed E-state index contributed by atoms with van der Waals surface area (Å²) in [6.07, 6.45) is 0. The van der Waals surface area contributed by atoms with E-state index in [1.165, 1.54) is 0 Å². The van der Waals surface area contributed by atoms with E-state index in [0.717, 1.165) is 19.2 Å². The van der Waals surface area contributed by atoms with Gasteiger partial charge in [-0.2, -0.15) is 0 Å². The third-order valence-electron chi connectivity index (χ3n) is 1.39. The summed E-state index contributed by atoms with van der Waals surface area (Å²) < 4.78 is 13.3. The van der Waals surface area contributed by atoms with E-state index < -0.39 is 0 Å². The van der Waals surface area contributed by atoms with Crippen LogP contribution in [0.15, 0.2) is 25.6 Å². The van der Waals surface area contributed by atoms with Gasteiger partial charge < -0.3 is 8.85 Å². The minimum absolute atomic E-state index is 0.0446. The molecule has 0 heterocycles. The van der Waals surface area contributed by atoms with Gasteiger partial charge in [0.1, 0.15) is 5.75 Å². The molecule has 0 spiro atoms. The average molecular weight is 437 g/mol. The molecule has 0 aliphatic carbocycles. The topological polar surface area (TPSA) is 18.5 Å². The van der Waals surface area contributed by atoms with Crippen molar-refractivity contribution in [3.05, 3.63) is 25.6 Å². The first-order valence-electron chi connectivity index (χ1n) is 3.90. The van der Waals surface area contributed by atoms with Crippen LogP contribution in [0.3, 0.4) is 0 Å². The van der Waals surface area contributed by atoms with Gasteiger partial charge in [0.05, 0.1) is 11.1 Å². The summed E-state index contributed by atoms with van der Waals surface area (Å²) in [5.41, 5.74) is 0. The van der Waals surface area contributed by atoms with E-state index in [1.54, 1.807) is 0 Å². The van der Waals surface area contributed by atoms with Gasteiger partial charge in [0.15, 0.2) is 0 Å². The largest absolute Gasteiger partial charge is 0.521 e. The standard InChI is InChI=1S/C8H6Br3ClO2Si/c9-5-1-2-6(8(11)7(5)10)14-15-13-4-3-12/h1-2H,3-4H2. The Morgan fingerprint density at radius 1 is 1.20 bits per heavy atom. The van der Waals surface area contributed by atoms with Gasteiger partial charge in [-0.25, -0.2) is 0 Å². The molecule has 0 unspecified atom stereocenters. The number of hydrogen-bond donors (Lipinski definition) is 0. The SMILES string of the molecule is ClCCO[Si]Oc1ccc(Br)c(Br)c1Br. The fourth-order valence-electron chi connectivity index (χ4n) is 0.742. The van der Waals surface area contributed by atoms with Crippen LogP contribution in [0.4, 0.5) is 0 Å². The van der Waals surface area contributed by atoms with Gasteiger partial charge in [-0.15, -0.1) is 11.6 Å². The molecule has 15 heavy (non-hydrogen) atoms. The van der Waals surface area contributed by atoms with Crippen LogP contribution >= 0.6 is 59.4 Å². The molecule has 0 fully saturated rings. The average Bonchev–Trinajstić information content (AvgIpc) is 2.24. The Balaban J connectivity index is 2.58. The Morgan fingerprint density at radius 3 is 2.60 bits per heavy atom. The first-order valence-corrected chi connectivity index (χ1v) is 7.63. The number of alkyl halides is 1. The van der Waals surface area contributed by atoms with Crippen molar-refractivity contribution in [2.45, 2.75) is 0 Å². The van der Waals surface area contributed by atoms with Gasteiger partial charge in [0, 0.05) is 14.8 Å². The smallest absolute Gasteiger partial charge is 0.516 e. The van der Waals surface area contributed by atoms with Crippen LogP contribution in [-0.4, -0.2) is 22.5 Å². The van der Waals surface area contributed by atoms with Crippen molar-refractivity contribution < 1.29 is 8.85 Å². The fourth-order valence-corrected chi connectivity index (χ4v) is 2.95. The monoisotopic (exact) mass is 434 g/mol. The highest BCUT2D eigenvalue weighted by Gasteiger charge is 2.09. The van der Waals surface area contributed by atoms with E-state index in [2.05, 4.69) is 47.8 Å². The summed E-state index contributed by atoms with van der Waals surface area (Å²) in [5, 5.41) is 0. The summed E-state index contributed by atoms with van der Waals surface area (Å²) in [7, 11) is -0.0446. The second-order valence-corrected chi connectivity index (χ2v) is 5.87. The molecular formula is C8H6Br3ClO2Si. The van der Waals surface area contributed by atoms with Crippen molar-refractivity contribution in [1.82, 2.24) is 0 Å². The van der Waals surface area contributed by atoms with Gasteiger partial charge >= 0.3 is 10.0 Å². The molecule has 1 aromatic carbocycles. The van der Waals surface area contributed by atoms with Crippen LogP contribution in [0, 0.1) is 0 Å². The quantitative estimate of drug-likeness (QED) is 0.298. The lowest BCUT2D eigenvalue weighted by Crippen LogP contribution is -2.09. The van der Waals surface area contributed by atoms with Crippen molar-refractivity contribution in [2.24, 2.45) is 0 Å². The third-order valence-corrected chi connectivity index (χ3v) is 5.50. The Kier molecular flexibility index (Phi) is 6.80. The predicted octanol–water partition coefficient (Wildman–Crippen LogP) is 4.14. The Hall–Kier alpha value is 0.927. The van der Waals surface area contributed by atoms with Crippen molar-refractivity contribution in [2.75, 3.05) is 12.5 Å². The van der Waals surface area contributed by atoms with Crippen molar-refractivity contribution in [3.63, 3.8) is 0 Å². The molecule has 0 bridgehead atoms. The van der Waals surface area contributed by atoms with Gasteiger partial charge in [0.25, 0.3) is 0 Å². The molecule has 0 saturated carbocycles. The van der Waals surface area contributed by atoms with Crippen molar-refractivity contribution in [1.29, 1.82) is 0 Å².